The second-order valence-corrected chi connectivity index (χ2v) is 8.36. The maximum Gasteiger partial charge on any atom is 0.284 e. The third-order valence-corrected chi connectivity index (χ3v) is 5.98. The van der Waals surface area contributed by atoms with E-state index in [4.69, 9.17) is 8.83 Å². The van der Waals surface area contributed by atoms with Crippen LogP contribution in [0, 0.1) is 5.92 Å². The number of aromatic nitrogens is 2. The number of amides is 1. The molecule has 1 fully saturated rings. The third-order valence-electron chi connectivity index (χ3n) is 5.06. The monoisotopic (exact) mass is 397 g/mol. The number of thioether (sulfide) groups is 1. The zero-order chi connectivity index (χ0) is 19.3. The van der Waals surface area contributed by atoms with Gasteiger partial charge in [-0.15, -0.1) is 10.2 Å². The van der Waals surface area contributed by atoms with E-state index in [2.05, 4.69) is 34.5 Å². The second-order valence-electron chi connectivity index (χ2n) is 7.07. The summed E-state index contributed by atoms with van der Waals surface area (Å²) in [7, 11) is 0. The summed E-state index contributed by atoms with van der Waals surface area (Å²) < 4.78 is 10.8. The molecule has 0 spiro atoms. The Balaban J connectivity index is 1.28. The third kappa shape index (κ3) is 4.47. The Morgan fingerprint density at radius 3 is 2.68 bits per heavy atom. The molecule has 6 nitrogen and oxygen atoms in total. The lowest BCUT2D eigenvalue weighted by molar-refractivity contribution is -0.131. The summed E-state index contributed by atoms with van der Waals surface area (Å²) in [4.78, 5) is 14.8. The smallest absolute Gasteiger partial charge is 0.284 e. The molecule has 2 aromatic heterocycles. The predicted octanol–water partition coefficient (Wildman–Crippen LogP) is 4.29. The van der Waals surface area contributed by atoms with Crippen LogP contribution in [0.2, 0.25) is 0 Å². The molecule has 3 aromatic rings. The van der Waals surface area contributed by atoms with E-state index >= 15 is 0 Å². The first-order valence-corrected chi connectivity index (χ1v) is 10.4. The van der Waals surface area contributed by atoms with Crippen LogP contribution in [-0.2, 0) is 11.2 Å². The maximum absolute atomic E-state index is 12.8. The molecule has 28 heavy (non-hydrogen) atoms. The van der Waals surface area contributed by atoms with Gasteiger partial charge in [0.1, 0.15) is 0 Å². The molecule has 3 heterocycles. The van der Waals surface area contributed by atoms with Crippen molar-refractivity contribution in [3.8, 4) is 11.7 Å². The zero-order valence-corrected chi connectivity index (χ0v) is 16.6. The summed E-state index contributed by atoms with van der Waals surface area (Å²) in [5.74, 6) is 1.62. The summed E-state index contributed by atoms with van der Waals surface area (Å²) in [5, 5.41) is 8.10. The summed E-state index contributed by atoms with van der Waals surface area (Å²) in [6.07, 6.45) is 4.73. The number of benzene rings is 1. The number of likely N-dealkylation sites (tertiary alicyclic amines) is 1. The topological polar surface area (TPSA) is 72.4 Å². The standard InChI is InChI=1S/C21H23N3O3S/c1-15(28-21-23-22-19(27-21)18-8-5-13-26-18)20(25)24-11-9-17(10-12-24)14-16-6-3-2-4-7-16/h2-8,13,15,17H,9-12,14H2,1H3/t15-/m0/s1. The van der Waals surface area contributed by atoms with E-state index in [0.29, 0.717) is 22.8 Å². The van der Waals surface area contributed by atoms with E-state index in [9.17, 15) is 4.79 Å². The Bertz CT molecular complexity index is 887. The van der Waals surface area contributed by atoms with Crippen LogP contribution in [0.3, 0.4) is 0 Å². The molecule has 1 saturated heterocycles. The number of carbonyl (C=O) groups excluding carboxylic acids is 1. The van der Waals surface area contributed by atoms with E-state index in [1.807, 2.05) is 17.9 Å². The molecule has 1 atom stereocenters. The van der Waals surface area contributed by atoms with Gasteiger partial charge in [-0.25, -0.2) is 0 Å². The fraction of sp³-hybridized carbons (Fsp3) is 0.381. The minimum atomic E-state index is -0.268. The van der Waals surface area contributed by atoms with E-state index in [0.717, 1.165) is 32.4 Å². The number of furan rings is 1. The number of carbonyl (C=O) groups is 1. The largest absolute Gasteiger partial charge is 0.459 e. The summed E-state index contributed by atoms with van der Waals surface area (Å²) >= 11 is 1.29. The predicted molar refractivity (Wildman–Crippen MR) is 107 cm³/mol. The van der Waals surface area contributed by atoms with E-state index in [1.54, 1.807) is 18.4 Å². The van der Waals surface area contributed by atoms with Gasteiger partial charge in [-0.05, 0) is 49.8 Å². The number of nitrogens with zero attached hydrogens (tertiary/aromatic N) is 3. The van der Waals surface area contributed by atoms with Gasteiger partial charge in [0.05, 0.1) is 11.5 Å². The SMILES string of the molecule is C[C@H](Sc1nnc(-c2ccco2)o1)C(=O)N1CCC(Cc2ccccc2)CC1. The minimum Gasteiger partial charge on any atom is -0.459 e. The lowest BCUT2D eigenvalue weighted by Crippen LogP contribution is -2.42. The van der Waals surface area contributed by atoms with Crippen LogP contribution in [0.15, 0.2) is 62.8 Å². The van der Waals surface area contributed by atoms with Crippen LogP contribution in [0.5, 0.6) is 0 Å². The van der Waals surface area contributed by atoms with Gasteiger partial charge in [0.15, 0.2) is 5.76 Å². The molecule has 0 N–H and O–H groups in total. The molecule has 4 rings (SSSR count). The quantitative estimate of drug-likeness (QED) is 0.578. The van der Waals surface area contributed by atoms with Crippen molar-refractivity contribution in [2.75, 3.05) is 13.1 Å². The van der Waals surface area contributed by atoms with Gasteiger partial charge in [0.2, 0.25) is 5.91 Å². The van der Waals surface area contributed by atoms with Crippen molar-refractivity contribution >= 4 is 17.7 Å². The molecule has 0 saturated carbocycles. The first-order chi connectivity index (χ1) is 13.7. The molecule has 1 amide bonds. The molecule has 0 bridgehead atoms. The van der Waals surface area contributed by atoms with E-state index in [1.165, 1.54) is 17.3 Å². The zero-order valence-electron chi connectivity index (χ0n) is 15.8. The highest BCUT2D eigenvalue weighted by atomic mass is 32.2. The average Bonchev–Trinajstić information content (AvgIpc) is 3.40. The van der Waals surface area contributed by atoms with Crippen molar-refractivity contribution in [2.24, 2.45) is 5.92 Å². The lowest BCUT2D eigenvalue weighted by Gasteiger charge is -2.33. The average molecular weight is 398 g/mol. The second kappa shape index (κ2) is 8.65. The molecule has 146 valence electrons. The highest BCUT2D eigenvalue weighted by Crippen LogP contribution is 2.29. The Labute approximate surface area is 168 Å². The highest BCUT2D eigenvalue weighted by molar-refractivity contribution is 8.00. The summed E-state index contributed by atoms with van der Waals surface area (Å²) in [6.45, 7) is 3.51. The van der Waals surface area contributed by atoms with Crippen molar-refractivity contribution < 1.29 is 13.6 Å². The molecular formula is C21H23N3O3S. The molecule has 0 unspecified atom stereocenters. The van der Waals surface area contributed by atoms with Crippen LogP contribution in [-0.4, -0.2) is 39.3 Å². The van der Waals surface area contributed by atoms with Crippen LogP contribution in [0.25, 0.3) is 11.7 Å². The summed E-state index contributed by atoms with van der Waals surface area (Å²) in [5.41, 5.74) is 1.37. The molecule has 0 radical (unpaired) electrons. The van der Waals surface area contributed by atoms with Crippen molar-refractivity contribution in [1.29, 1.82) is 0 Å². The van der Waals surface area contributed by atoms with Crippen LogP contribution in [0.4, 0.5) is 0 Å². The minimum absolute atomic E-state index is 0.126. The van der Waals surface area contributed by atoms with Crippen molar-refractivity contribution in [1.82, 2.24) is 15.1 Å². The number of hydrogen-bond donors (Lipinski definition) is 0. The van der Waals surface area contributed by atoms with Gasteiger partial charge < -0.3 is 13.7 Å². The van der Waals surface area contributed by atoms with Crippen LogP contribution in [0.1, 0.15) is 25.3 Å². The maximum atomic E-state index is 12.8. The van der Waals surface area contributed by atoms with Crippen LogP contribution >= 0.6 is 11.8 Å². The Hall–Kier alpha value is -2.54. The Kier molecular flexibility index (Phi) is 5.81. The van der Waals surface area contributed by atoms with Crippen molar-refractivity contribution in [2.45, 2.75) is 36.7 Å². The molecule has 0 aliphatic carbocycles. The normalized spacial score (nSPS) is 16.2. The van der Waals surface area contributed by atoms with Gasteiger partial charge in [0, 0.05) is 13.1 Å². The molecule has 1 aliphatic rings. The fourth-order valence-electron chi connectivity index (χ4n) is 3.52. The van der Waals surface area contributed by atoms with Gasteiger partial charge in [-0.3, -0.25) is 4.79 Å². The number of rotatable bonds is 6. The van der Waals surface area contributed by atoms with Crippen molar-refractivity contribution in [3.05, 3.63) is 54.3 Å². The van der Waals surface area contributed by atoms with Crippen molar-refractivity contribution in [3.63, 3.8) is 0 Å². The first kappa shape index (κ1) is 18.8. The van der Waals surface area contributed by atoms with Gasteiger partial charge in [0.25, 0.3) is 11.1 Å². The molecule has 7 heteroatoms. The molecule has 1 aliphatic heterocycles. The molecule has 1 aromatic carbocycles. The van der Waals surface area contributed by atoms with Crippen LogP contribution < -0.4 is 0 Å². The van der Waals surface area contributed by atoms with Gasteiger partial charge in [-0.2, -0.15) is 0 Å². The first-order valence-electron chi connectivity index (χ1n) is 9.56. The number of piperidine rings is 1. The van der Waals surface area contributed by atoms with Gasteiger partial charge in [-0.1, -0.05) is 42.1 Å². The summed E-state index contributed by atoms with van der Waals surface area (Å²) in [6, 6.07) is 14.1. The Morgan fingerprint density at radius 1 is 1.18 bits per heavy atom. The van der Waals surface area contributed by atoms with Gasteiger partial charge >= 0.3 is 0 Å². The molecular weight excluding hydrogens is 374 g/mol. The fourth-order valence-corrected chi connectivity index (χ4v) is 4.29. The highest BCUT2D eigenvalue weighted by Gasteiger charge is 2.28. The number of hydrogen-bond acceptors (Lipinski definition) is 6. The lowest BCUT2D eigenvalue weighted by atomic mass is 9.90. The Morgan fingerprint density at radius 2 is 1.96 bits per heavy atom. The van der Waals surface area contributed by atoms with E-state index < -0.39 is 0 Å². The van der Waals surface area contributed by atoms with E-state index in [-0.39, 0.29) is 11.2 Å².